The van der Waals surface area contributed by atoms with Crippen LogP contribution in [0.1, 0.15) is 30.7 Å². The van der Waals surface area contributed by atoms with E-state index in [-0.39, 0.29) is 17.8 Å². The largest absolute Gasteiger partial charge is 0.416 e. The van der Waals surface area contributed by atoms with Crippen LogP contribution in [0.4, 0.5) is 19.0 Å². The summed E-state index contributed by atoms with van der Waals surface area (Å²) in [6, 6.07) is 3.92. The second-order valence-electron chi connectivity index (χ2n) is 5.72. The second kappa shape index (κ2) is 6.80. The molecule has 1 aliphatic heterocycles. The highest BCUT2D eigenvalue weighted by molar-refractivity contribution is 5.38. The number of ether oxygens (including phenoxy) is 1. The fourth-order valence-electron chi connectivity index (χ4n) is 2.96. The molecule has 0 spiro atoms. The van der Waals surface area contributed by atoms with E-state index in [0.29, 0.717) is 13.2 Å². The van der Waals surface area contributed by atoms with E-state index in [4.69, 9.17) is 4.74 Å². The number of rotatable bonds is 5. The van der Waals surface area contributed by atoms with Crippen LogP contribution in [-0.2, 0) is 17.5 Å². The highest BCUT2D eigenvalue weighted by Crippen LogP contribution is 2.35. The lowest BCUT2D eigenvalue weighted by molar-refractivity contribution is -0.137. The molecule has 1 N–H and O–H groups in total. The van der Waals surface area contributed by atoms with Crippen LogP contribution in [0.15, 0.2) is 30.6 Å². The molecule has 0 unspecified atom stereocenters. The van der Waals surface area contributed by atoms with Gasteiger partial charge in [-0.25, -0.2) is 4.98 Å². The molecule has 3 heterocycles. The number of halogens is 3. The first-order valence-electron chi connectivity index (χ1n) is 7.89. The van der Waals surface area contributed by atoms with E-state index < -0.39 is 11.7 Å². The van der Waals surface area contributed by atoms with E-state index in [2.05, 4.69) is 15.4 Å². The summed E-state index contributed by atoms with van der Waals surface area (Å²) in [5.41, 5.74) is 0.294. The number of nitrogens with zero attached hydrogens (tertiary/aromatic N) is 3. The Kier molecular flexibility index (Phi) is 4.75. The molecule has 130 valence electrons. The minimum atomic E-state index is -4.37. The van der Waals surface area contributed by atoms with Crippen LogP contribution in [0.25, 0.3) is 0 Å². The van der Waals surface area contributed by atoms with Gasteiger partial charge in [0.05, 0.1) is 11.3 Å². The molecule has 0 amide bonds. The molecule has 8 heteroatoms. The first-order valence-corrected chi connectivity index (χ1v) is 7.89. The van der Waals surface area contributed by atoms with Gasteiger partial charge < -0.3 is 10.1 Å². The topological polar surface area (TPSA) is 52.0 Å². The second-order valence-corrected chi connectivity index (χ2v) is 5.72. The van der Waals surface area contributed by atoms with E-state index in [0.717, 1.165) is 30.8 Å². The summed E-state index contributed by atoms with van der Waals surface area (Å²) in [4.78, 5) is 3.97. The van der Waals surface area contributed by atoms with Crippen molar-refractivity contribution in [2.24, 2.45) is 5.92 Å². The Labute approximate surface area is 137 Å². The highest BCUT2D eigenvalue weighted by atomic mass is 19.4. The van der Waals surface area contributed by atoms with Gasteiger partial charge in [0, 0.05) is 38.0 Å². The van der Waals surface area contributed by atoms with Gasteiger partial charge in [-0.2, -0.15) is 18.3 Å². The Hall–Kier alpha value is -2.09. The molecular weight excluding hydrogens is 321 g/mol. The summed E-state index contributed by atoms with van der Waals surface area (Å²) in [5.74, 6) is 0.378. The number of hydrogen-bond acceptors (Lipinski definition) is 4. The first kappa shape index (κ1) is 16.8. The molecule has 2 aromatic rings. The molecule has 0 aromatic carbocycles. The molecule has 1 aliphatic rings. The maximum Gasteiger partial charge on any atom is 0.416 e. The van der Waals surface area contributed by atoms with Crippen molar-refractivity contribution in [3.63, 3.8) is 0 Å². The lowest BCUT2D eigenvalue weighted by Gasteiger charge is -2.20. The fourth-order valence-corrected chi connectivity index (χ4v) is 2.96. The summed E-state index contributed by atoms with van der Waals surface area (Å²) in [6.45, 7) is 3.87. The van der Waals surface area contributed by atoms with Gasteiger partial charge in [-0.05, 0) is 31.5 Å². The first-order chi connectivity index (χ1) is 11.5. The Morgan fingerprint density at radius 2 is 2.17 bits per heavy atom. The third-order valence-corrected chi connectivity index (χ3v) is 4.19. The van der Waals surface area contributed by atoms with Crippen molar-refractivity contribution in [3.8, 4) is 0 Å². The summed E-state index contributed by atoms with van der Waals surface area (Å²) in [7, 11) is 0. The molecule has 0 saturated carbocycles. The predicted molar refractivity (Wildman–Crippen MR) is 82.4 cm³/mol. The summed E-state index contributed by atoms with van der Waals surface area (Å²) in [5, 5.41) is 7.26. The number of aromatic nitrogens is 3. The average molecular weight is 340 g/mol. The van der Waals surface area contributed by atoms with Crippen molar-refractivity contribution in [2.45, 2.75) is 32.2 Å². The third-order valence-electron chi connectivity index (χ3n) is 4.19. The number of pyridine rings is 1. The quantitative estimate of drug-likeness (QED) is 0.905. The fraction of sp³-hybridized carbons (Fsp3) is 0.500. The summed E-state index contributed by atoms with van der Waals surface area (Å²) < 4.78 is 46.0. The van der Waals surface area contributed by atoms with Crippen molar-refractivity contribution in [3.05, 3.63) is 41.9 Å². The van der Waals surface area contributed by atoms with Crippen molar-refractivity contribution >= 4 is 5.82 Å². The van der Waals surface area contributed by atoms with Crippen molar-refractivity contribution in [1.82, 2.24) is 14.8 Å². The van der Waals surface area contributed by atoms with Crippen LogP contribution < -0.4 is 5.32 Å². The highest BCUT2D eigenvalue weighted by Gasteiger charge is 2.33. The molecule has 2 aromatic heterocycles. The molecule has 0 radical (unpaired) electrons. The van der Waals surface area contributed by atoms with E-state index in [1.807, 2.05) is 17.7 Å². The normalized spacial score (nSPS) is 21.2. The summed E-state index contributed by atoms with van der Waals surface area (Å²) in [6.07, 6.45) is -0.734. The van der Waals surface area contributed by atoms with Crippen LogP contribution in [0.5, 0.6) is 0 Å². The molecular formula is C16H19F3N4O. The van der Waals surface area contributed by atoms with Gasteiger partial charge in [0.25, 0.3) is 0 Å². The van der Waals surface area contributed by atoms with Crippen molar-refractivity contribution in [2.75, 3.05) is 18.5 Å². The third kappa shape index (κ3) is 3.53. The van der Waals surface area contributed by atoms with Gasteiger partial charge in [0.15, 0.2) is 0 Å². The van der Waals surface area contributed by atoms with Gasteiger partial charge in [-0.3, -0.25) is 4.68 Å². The Morgan fingerprint density at radius 1 is 1.33 bits per heavy atom. The number of alkyl halides is 3. The zero-order valence-electron chi connectivity index (χ0n) is 13.3. The Bertz CT molecular complexity index is 686. The monoisotopic (exact) mass is 340 g/mol. The SMILES string of the molecule is CCn1nccc1[C@@H]1OCC[C@H]1CNc1cc(C(F)(F)F)ccn1. The Morgan fingerprint density at radius 3 is 2.92 bits per heavy atom. The van der Waals surface area contributed by atoms with Crippen LogP contribution in [0.3, 0.4) is 0 Å². The Balaban J connectivity index is 1.68. The van der Waals surface area contributed by atoms with Crippen LogP contribution in [0, 0.1) is 5.92 Å². The maximum atomic E-state index is 12.8. The summed E-state index contributed by atoms with van der Waals surface area (Å²) >= 11 is 0. The molecule has 3 rings (SSSR count). The van der Waals surface area contributed by atoms with Gasteiger partial charge in [-0.15, -0.1) is 0 Å². The minimum Gasteiger partial charge on any atom is -0.372 e. The van der Waals surface area contributed by atoms with E-state index >= 15 is 0 Å². The molecule has 1 saturated heterocycles. The zero-order chi connectivity index (χ0) is 17.2. The maximum absolute atomic E-state index is 12.8. The number of nitrogens with one attached hydrogen (secondary N) is 1. The van der Waals surface area contributed by atoms with Crippen LogP contribution >= 0.6 is 0 Å². The smallest absolute Gasteiger partial charge is 0.372 e. The van der Waals surface area contributed by atoms with E-state index in [1.165, 1.54) is 6.20 Å². The molecule has 2 atom stereocenters. The van der Waals surface area contributed by atoms with E-state index in [1.54, 1.807) is 6.20 Å². The standard InChI is InChI=1S/C16H19F3N4O/c1-2-23-13(4-7-22-23)15-11(5-8-24-15)10-21-14-9-12(3-6-20-14)16(17,18)19/h3-4,6-7,9,11,15H,2,5,8,10H2,1H3,(H,20,21)/t11-,15+/m0/s1. The molecule has 5 nitrogen and oxygen atoms in total. The lowest BCUT2D eigenvalue weighted by atomic mass is 9.99. The van der Waals surface area contributed by atoms with E-state index in [9.17, 15) is 13.2 Å². The molecule has 24 heavy (non-hydrogen) atoms. The number of aryl methyl sites for hydroxylation is 1. The van der Waals surface area contributed by atoms with Gasteiger partial charge in [0.2, 0.25) is 0 Å². The molecule has 1 fully saturated rings. The number of hydrogen-bond donors (Lipinski definition) is 1. The number of anilines is 1. The minimum absolute atomic E-state index is 0.106. The van der Waals surface area contributed by atoms with Gasteiger partial charge >= 0.3 is 6.18 Å². The average Bonchev–Trinajstić information content (AvgIpc) is 3.20. The predicted octanol–water partition coefficient (Wildman–Crippen LogP) is 3.51. The van der Waals surface area contributed by atoms with Crippen molar-refractivity contribution < 1.29 is 17.9 Å². The zero-order valence-corrected chi connectivity index (χ0v) is 13.3. The lowest BCUT2D eigenvalue weighted by Crippen LogP contribution is -2.21. The van der Waals surface area contributed by atoms with Crippen molar-refractivity contribution in [1.29, 1.82) is 0 Å². The van der Waals surface area contributed by atoms with Crippen LogP contribution in [0.2, 0.25) is 0 Å². The molecule has 0 aliphatic carbocycles. The van der Waals surface area contributed by atoms with Gasteiger partial charge in [-0.1, -0.05) is 0 Å². The van der Waals surface area contributed by atoms with Gasteiger partial charge in [0.1, 0.15) is 11.9 Å². The molecule has 0 bridgehead atoms. The van der Waals surface area contributed by atoms with Crippen LogP contribution in [-0.4, -0.2) is 27.9 Å².